The molecule has 2 aromatic heterocycles. The second kappa shape index (κ2) is 6.20. The van der Waals surface area contributed by atoms with Crippen LogP contribution >= 0.6 is 0 Å². The Morgan fingerprint density at radius 1 is 1.13 bits per heavy atom. The Morgan fingerprint density at radius 2 is 1.91 bits per heavy atom. The zero-order chi connectivity index (χ0) is 16.4. The van der Waals surface area contributed by atoms with E-state index >= 15 is 0 Å². The van der Waals surface area contributed by atoms with Crippen LogP contribution in [0.5, 0.6) is 0 Å². The van der Waals surface area contributed by atoms with Gasteiger partial charge in [0.1, 0.15) is 6.54 Å². The minimum absolute atomic E-state index is 0.149. The van der Waals surface area contributed by atoms with Gasteiger partial charge in [-0.3, -0.25) is 13.9 Å². The first kappa shape index (κ1) is 15.2. The molecule has 120 valence electrons. The fourth-order valence-corrected chi connectivity index (χ4v) is 2.58. The molecular formula is C16H18N4O3. The summed E-state index contributed by atoms with van der Waals surface area (Å²) in [6.07, 6.45) is 1.36. The molecule has 7 nitrogen and oxygen atoms in total. The molecule has 0 atom stereocenters. The summed E-state index contributed by atoms with van der Waals surface area (Å²) < 4.78 is 7.96. The fourth-order valence-electron chi connectivity index (χ4n) is 2.58. The van der Waals surface area contributed by atoms with Gasteiger partial charge in [-0.05, 0) is 18.6 Å². The van der Waals surface area contributed by atoms with E-state index in [1.807, 2.05) is 13.8 Å². The van der Waals surface area contributed by atoms with Crippen LogP contribution in [0.15, 0.2) is 38.4 Å². The first-order chi connectivity index (χ1) is 11.2. The molecule has 0 aliphatic heterocycles. The molecule has 0 aliphatic rings. The second-order valence-corrected chi connectivity index (χ2v) is 5.30. The smallest absolute Gasteiger partial charge is 0.331 e. The van der Waals surface area contributed by atoms with Gasteiger partial charge in [0.05, 0.1) is 10.9 Å². The summed E-state index contributed by atoms with van der Waals surface area (Å²) in [6.45, 7) is 4.39. The number of hydrogen-bond acceptors (Lipinski definition) is 5. The average molecular weight is 314 g/mol. The molecule has 0 unspecified atom stereocenters. The normalized spacial score (nSPS) is 11.2. The molecule has 0 radical (unpaired) electrons. The molecule has 0 saturated heterocycles. The van der Waals surface area contributed by atoms with Gasteiger partial charge >= 0.3 is 5.69 Å². The summed E-state index contributed by atoms with van der Waals surface area (Å²) in [5.74, 6) is 0.954. The highest BCUT2D eigenvalue weighted by molar-refractivity contribution is 5.77. The number of hydrogen-bond donors (Lipinski definition) is 0. The minimum atomic E-state index is -0.355. The van der Waals surface area contributed by atoms with E-state index in [1.54, 1.807) is 24.3 Å². The van der Waals surface area contributed by atoms with Gasteiger partial charge in [0.25, 0.3) is 5.56 Å². The summed E-state index contributed by atoms with van der Waals surface area (Å²) in [4.78, 5) is 29.4. The molecule has 1 aromatic carbocycles. The fraction of sp³-hybridized carbons (Fsp3) is 0.375. The predicted octanol–water partition coefficient (Wildman–Crippen LogP) is 1.57. The molecule has 0 bridgehead atoms. The molecule has 0 amide bonds. The van der Waals surface area contributed by atoms with Crippen LogP contribution in [0.3, 0.4) is 0 Å². The molecule has 0 spiro atoms. The lowest BCUT2D eigenvalue weighted by atomic mass is 10.2. The summed E-state index contributed by atoms with van der Waals surface area (Å²) in [6, 6.07) is 7.07. The van der Waals surface area contributed by atoms with E-state index in [0.717, 1.165) is 0 Å². The first-order valence-corrected chi connectivity index (χ1v) is 7.69. The number of nitrogens with zero attached hydrogens (tertiary/aromatic N) is 4. The molecule has 23 heavy (non-hydrogen) atoms. The van der Waals surface area contributed by atoms with Crippen molar-refractivity contribution >= 4 is 10.9 Å². The highest BCUT2D eigenvalue weighted by Crippen LogP contribution is 2.10. The van der Waals surface area contributed by atoms with Crippen molar-refractivity contribution in [2.45, 2.75) is 39.8 Å². The summed E-state index contributed by atoms with van der Waals surface area (Å²) in [7, 11) is 0. The number of benzene rings is 1. The van der Waals surface area contributed by atoms with Crippen LogP contribution in [0.2, 0.25) is 0 Å². The van der Waals surface area contributed by atoms with Gasteiger partial charge in [-0.25, -0.2) is 4.79 Å². The molecule has 2 heterocycles. The van der Waals surface area contributed by atoms with Crippen LogP contribution < -0.4 is 11.2 Å². The molecule has 0 aliphatic carbocycles. The molecule has 3 aromatic rings. The van der Waals surface area contributed by atoms with E-state index in [0.29, 0.717) is 42.0 Å². The molecule has 0 saturated carbocycles. The lowest BCUT2D eigenvalue weighted by Gasteiger charge is -2.12. The van der Waals surface area contributed by atoms with Gasteiger partial charge in [-0.2, -0.15) is 4.98 Å². The van der Waals surface area contributed by atoms with Gasteiger partial charge < -0.3 is 4.52 Å². The third-order valence-corrected chi connectivity index (χ3v) is 3.70. The van der Waals surface area contributed by atoms with E-state index in [1.165, 1.54) is 9.13 Å². The van der Waals surface area contributed by atoms with Crippen LogP contribution in [0.4, 0.5) is 0 Å². The van der Waals surface area contributed by atoms with Crippen molar-refractivity contribution in [3.8, 4) is 0 Å². The van der Waals surface area contributed by atoms with E-state index in [-0.39, 0.29) is 17.8 Å². The van der Waals surface area contributed by atoms with Crippen molar-refractivity contribution in [3.63, 3.8) is 0 Å². The van der Waals surface area contributed by atoms with E-state index in [4.69, 9.17) is 4.52 Å². The van der Waals surface area contributed by atoms with Crippen LogP contribution in [-0.2, 0) is 19.5 Å². The maximum atomic E-state index is 12.7. The SMILES string of the molecule is CCCn1c(=O)c2ccccc2n(Cc2nc(CC)no2)c1=O. The zero-order valence-corrected chi connectivity index (χ0v) is 13.2. The summed E-state index contributed by atoms with van der Waals surface area (Å²) >= 11 is 0. The Kier molecular flexibility index (Phi) is 4.10. The number of aromatic nitrogens is 4. The van der Waals surface area contributed by atoms with Crippen LogP contribution in [0, 0.1) is 0 Å². The van der Waals surface area contributed by atoms with E-state index < -0.39 is 0 Å². The number of para-hydroxylation sites is 1. The third-order valence-electron chi connectivity index (χ3n) is 3.70. The lowest BCUT2D eigenvalue weighted by molar-refractivity contribution is 0.364. The number of aryl methyl sites for hydroxylation is 1. The quantitative estimate of drug-likeness (QED) is 0.714. The highest BCUT2D eigenvalue weighted by Gasteiger charge is 2.15. The molecule has 0 fully saturated rings. The Morgan fingerprint density at radius 3 is 2.61 bits per heavy atom. The average Bonchev–Trinajstić information content (AvgIpc) is 3.03. The first-order valence-electron chi connectivity index (χ1n) is 7.69. The monoisotopic (exact) mass is 314 g/mol. The standard InChI is InChI=1S/C16H18N4O3/c1-3-9-19-15(21)11-7-5-6-8-12(11)20(16(19)22)10-14-17-13(4-2)18-23-14/h5-8H,3-4,9-10H2,1-2H3. The Hall–Kier alpha value is -2.70. The maximum Gasteiger partial charge on any atom is 0.331 e. The summed E-state index contributed by atoms with van der Waals surface area (Å²) in [5, 5.41) is 4.36. The minimum Gasteiger partial charge on any atom is -0.337 e. The number of fused-ring (bicyclic) bond motifs is 1. The van der Waals surface area contributed by atoms with Gasteiger partial charge in [0.15, 0.2) is 5.82 Å². The van der Waals surface area contributed by atoms with Crippen molar-refractivity contribution in [1.82, 2.24) is 19.3 Å². The van der Waals surface area contributed by atoms with Crippen LogP contribution in [-0.4, -0.2) is 19.3 Å². The highest BCUT2D eigenvalue weighted by atomic mass is 16.5. The largest absolute Gasteiger partial charge is 0.337 e. The van der Waals surface area contributed by atoms with Gasteiger partial charge in [0, 0.05) is 13.0 Å². The van der Waals surface area contributed by atoms with Crippen molar-refractivity contribution in [1.29, 1.82) is 0 Å². The van der Waals surface area contributed by atoms with Crippen molar-refractivity contribution in [2.75, 3.05) is 0 Å². The summed E-state index contributed by atoms with van der Waals surface area (Å²) in [5.41, 5.74) is -0.0404. The molecular weight excluding hydrogens is 296 g/mol. The second-order valence-electron chi connectivity index (χ2n) is 5.30. The van der Waals surface area contributed by atoms with Gasteiger partial charge in [0.2, 0.25) is 5.89 Å². The van der Waals surface area contributed by atoms with Crippen LogP contribution in [0.25, 0.3) is 10.9 Å². The van der Waals surface area contributed by atoms with Crippen LogP contribution in [0.1, 0.15) is 32.0 Å². The van der Waals surface area contributed by atoms with Crippen molar-refractivity contribution in [2.24, 2.45) is 0 Å². The zero-order valence-electron chi connectivity index (χ0n) is 13.2. The Labute approximate surface area is 132 Å². The number of rotatable bonds is 5. The maximum absolute atomic E-state index is 12.7. The molecule has 7 heteroatoms. The Balaban J connectivity index is 2.21. The van der Waals surface area contributed by atoms with Crippen molar-refractivity contribution in [3.05, 3.63) is 56.8 Å². The van der Waals surface area contributed by atoms with Gasteiger partial charge in [-0.1, -0.05) is 31.1 Å². The molecule has 3 rings (SSSR count). The van der Waals surface area contributed by atoms with Gasteiger partial charge in [-0.15, -0.1) is 0 Å². The predicted molar refractivity (Wildman–Crippen MR) is 85.5 cm³/mol. The topological polar surface area (TPSA) is 82.9 Å². The molecule has 0 N–H and O–H groups in total. The van der Waals surface area contributed by atoms with E-state index in [2.05, 4.69) is 10.1 Å². The van der Waals surface area contributed by atoms with Crippen molar-refractivity contribution < 1.29 is 4.52 Å². The van der Waals surface area contributed by atoms with E-state index in [9.17, 15) is 9.59 Å². The lowest BCUT2D eigenvalue weighted by Crippen LogP contribution is -2.40. The third kappa shape index (κ3) is 2.69. The Bertz CT molecular complexity index is 952.